The number of thiazole rings is 1. The maximum atomic E-state index is 5.76. The van der Waals surface area contributed by atoms with Crippen LogP contribution in [0.3, 0.4) is 0 Å². The lowest BCUT2D eigenvalue weighted by Gasteiger charge is -2.00. The first-order valence-electron chi connectivity index (χ1n) is 5.25. The van der Waals surface area contributed by atoms with Crippen LogP contribution >= 0.6 is 11.3 Å². The fourth-order valence-corrected chi connectivity index (χ4v) is 2.80. The standard InChI is InChI=1S/C12H11N3OS/c1-6-10(7(2)16-15-6)8-4-3-5-9-11(8)14-12(13)17-9/h3-5H,1-2H3,(H2,13,14). The summed E-state index contributed by atoms with van der Waals surface area (Å²) in [7, 11) is 0. The van der Waals surface area contributed by atoms with E-state index in [4.69, 9.17) is 10.3 Å². The van der Waals surface area contributed by atoms with E-state index in [1.165, 1.54) is 11.3 Å². The summed E-state index contributed by atoms with van der Waals surface area (Å²) in [6.07, 6.45) is 0. The summed E-state index contributed by atoms with van der Waals surface area (Å²) in [5, 5.41) is 4.56. The molecule has 2 heterocycles. The van der Waals surface area contributed by atoms with Gasteiger partial charge in [0.1, 0.15) is 5.76 Å². The number of nitrogen functional groups attached to an aromatic ring is 1. The van der Waals surface area contributed by atoms with Crippen LogP contribution in [0.5, 0.6) is 0 Å². The van der Waals surface area contributed by atoms with Crippen molar-refractivity contribution in [1.29, 1.82) is 0 Å². The number of benzene rings is 1. The zero-order chi connectivity index (χ0) is 12.0. The van der Waals surface area contributed by atoms with Gasteiger partial charge < -0.3 is 10.3 Å². The zero-order valence-electron chi connectivity index (χ0n) is 9.52. The van der Waals surface area contributed by atoms with Crippen LogP contribution in [-0.4, -0.2) is 10.1 Å². The fourth-order valence-electron chi connectivity index (χ4n) is 2.03. The lowest BCUT2D eigenvalue weighted by molar-refractivity contribution is 0.393. The molecule has 3 aromatic rings. The van der Waals surface area contributed by atoms with E-state index in [1.807, 2.05) is 32.0 Å². The molecule has 0 atom stereocenters. The van der Waals surface area contributed by atoms with Gasteiger partial charge in [-0.1, -0.05) is 28.6 Å². The topological polar surface area (TPSA) is 64.9 Å². The Morgan fingerprint density at radius 1 is 1.29 bits per heavy atom. The smallest absolute Gasteiger partial charge is 0.181 e. The molecular weight excluding hydrogens is 234 g/mol. The number of anilines is 1. The Labute approximate surface area is 102 Å². The first-order valence-corrected chi connectivity index (χ1v) is 6.06. The Balaban J connectivity index is 2.38. The van der Waals surface area contributed by atoms with E-state index >= 15 is 0 Å². The van der Waals surface area contributed by atoms with Gasteiger partial charge in [0.25, 0.3) is 0 Å². The number of fused-ring (bicyclic) bond motifs is 1. The molecule has 0 unspecified atom stereocenters. The third-order valence-electron chi connectivity index (χ3n) is 2.74. The third-order valence-corrected chi connectivity index (χ3v) is 3.59. The van der Waals surface area contributed by atoms with Crippen molar-refractivity contribution in [3.63, 3.8) is 0 Å². The summed E-state index contributed by atoms with van der Waals surface area (Å²) >= 11 is 1.49. The van der Waals surface area contributed by atoms with Crippen molar-refractivity contribution in [3.05, 3.63) is 29.7 Å². The second kappa shape index (κ2) is 3.56. The van der Waals surface area contributed by atoms with Gasteiger partial charge in [0, 0.05) is 11.1 Å². The molecule has 0 amide bonds. The number of aryl methyl sites for hydroxylation is 2. The summed E-state index contributed by atoms with van der Waals surface area (Å²) in [6, 6.07) is 6.04. The highest BCUT2D eigenvalue weighted by atomic mass is 32.1. The maximum absolute atomic E-state index is 5.76. The normalized spacial score (nSPS) is 11.2. The van der Waals surface area contributed by atoms with E-state index in [9.17, 15) is 0 Å². The van der Waals surface area contributed by atoms with Gasteiger partial charge >= 0.3 is 0 Å². The predicted octanol–water partition coefficient (Wildman–Crippen LogP) is 3.15. The van der Waals surface area contributed by atoms with E-state index < -0.39 is 0 Å². The van der Waals surface area contributed by atoms with Gasteiger partial charge in [-0.2, -0.15) is 0 Å². The quantitative estimate of drug-likeness (QED) is 0.715. The molecule has 3 rings (SSSR count). The van der Waals surface area contributed by atoms with E-state index in [0.717, 1.165) is 32.8 Å². The highest BCUT2D eigenvalue weighted by Crippen LogP contribution is 2.35. The molecule has 1 aromatic carbocycles. The summed E-state index contributed by atoms with van der Waals surface area (Å²) in [5.41, 5.74) is 9.60. The summed E-state index contributed by atoms with van der Waals surface area (Å²) in [6.45, 7) is 3.84. The van der Waals surface area contributed by atoms with Gasteiger partial charge in [-0.3, -0.25) is 0 Å². The number of para-hydroxylation sites is 1. The number of nitrogens with zero attached hydrogens (tertiary/aromatic N) is 2. The minimum absolute atomic E-state index is 0.583. The van der Waals surface area contributed by atoms with E-state index in [0.29, 0.717) is 5.13 Å². The molecule has 0 aliphatic carbocycles. The molecule has 0 radical (unpaired) electrons. The second-order valence-electron chi connectivity index (χ2n) is 3.90. The molecule has 4 nitrogen and oxygen atoms in total. The molecular formula is C12H11N3OS. The van der Waals surface area contributed by atoms with Gasteiger partial charge in [-0.15, -0.1) is 0 Å². The monoisotopic (exact) mass is 245 g/mol. The second-order valence-corrected chi connectivity index (χ2v) is 4.97. The lowest BCUT2D eigenvalue weighted by atomic mass is 10.0. The average Bonchev–Trinajstić information content (AvgIpc) is 2.81. The van der Waals surface area contributed by atoms with Crippen LogP contribution < -0.4 is 5.73 Å². The average molecular weight is 245 g/mol. The van der Waals surface area contributed by atoms with Crippen molar-refractivity contribution in [2.24, 2.45) is 0 Å². The van der Waals surface area contributed by atoms with Crippen molar-refractivity contribution in [2.45, 2.75) is 13.8 Å². The molecule has 2 N–H and O–H groups in total. The number of hydrogen-bond donors (Lipinski definition) is 1. The van der Waals surface area contributed by atoms with Gasteiger partial charge in [0.2, 0.25) is 0 Å². The summed E-state index contributed by atoms with van der Waals surface area (Å²) in [4.78, 5) is 4.38. The molecule has 5 heteroatoms. The van der Waals surface area contributed by atoms with Crippen molar-refractivity contribution in [2.75, 3.05) is 5.73 Å². The fraction of sp³-hybridized carbons (Fsp3) is 0.167. The molecule has 0 aliphatic rings. The third kappa shape index (κ3) is 1.51. The Morgan fingerprint density at radius 3 is 2.82 bits per heavy atom. The van der Waals surface area contributed by atoms with Crippen LogP contribution in [0.15, 0.2) is 22.7 Å². The minimum Gasteiger partial charge on any atom is -0.375 e. The molecule has 0 spiro atoms. The first kappa shape index (κ1) is 10.3. The highest BCUT2D eigenvalue weighted by Gasteiger charge is 2.15. The molecule has 0 aliphatic heterocycles. The molecule has 17 heavy (non-hydrogen) atoms. The molecule has 86 valence electrons. The molecule has 0 saturated carbocycles. The van der Waals surface area contributed by atoms with Crippen LogP contribution in [0.2, 0.25) is 0 Å². The first-order chi connectivity index (χ1) is 8.16. The molecule has 0 fully saturated rings. The number of aromatic nitrogens is 2. The molecule has 0 saturated heterocycles. The Bertz CT molecular complexity index is 679. The largest absolute Gasteiger partial charge is 0.375 e. The molecule has 2 aromatic heterocycles. The maximum Gasteiger partial charge on any atom is 0.181 e. The van der Waals surface area contributed by atoms with Crippen LogP contribution in [0, 0.1) is 13.8 Å². The van der Waals surface area contributed by atoms with Gasteiger partial charge in [0.15, 0.2) is 5.13 Å². The Morgan fingerprint density at radius 2 is 2.12 bits per heavy atom. The van der Waals surface area contributed by atoms with Gasteiger partial charge in [-0.05, 0) is 19.9 Å². The summed E-state index contributed by atoms with van der Waals surface area (Å²) < 4.78 is 6.28. The SMILES string of the molecule is Cc1noc(C)c1-c1cccc2sc(N)nc12. The van der Waals surface area contributed by atoms with Crippen molar-refractivity contribution < 1.29 is 4.52 Å². The lowest BCUT2D eigenvalue weighted by Crippen LogP contribution is -1.85. The Kier molecular flexibility index (Phi) is 2.16. The minimum atomic E-state index is 0.583. The van der Waals surface area contributed by atoms with Crippen LogP contribution in [-0.2, 0) is 0 Å². The molecule has 0 bridgehead atoms. The van der Waals surface area contributed by atoms with Gasteiger partial charge in [0.05, 0.1) is 15.9 Å². The van der Waals surface area contributed by atoms with E-state index in [-0.39, 0.29) is 0 Å². The van der Waals surface area contributed by atoms with Gasteiger partial charge in [-0.25, -0.2) is 4.98 Å². The van der Waals surface area contributed by atoms with Crippen LogP contribution in [0.25, 0.3) is 21.3 Å². The zero-order valence-corrected chi connectivity index (χ0v) is 10.3. The van der Waals surface area contributed by atoms with Crippen molar-refractivity contribution in [1.82, 2.24) is 10.1 Å². The van der Waals surface area contributed by atoms with Crippen molar-refractivity contribution in [3.8, 4) is 11.1 Å². The highest BCUT2D eigenvalue weighted by molar-refractivity contribution is 7.22. The van der Waals surface area contributed by atoms with E-state index in [1.54, 1.807) is 0 Å². The number of nitrogens with two attached hydrogens (primary N) is 1. The predicted molar refractivity (Wildman–Crippen MR) is 69.0 cm³/mol. The Hall–Kier alpha value is -1.88. The van der Waals surface area contributed by atoms with Crippen LogP contribution in [0.1, 0.15) is 11.5 Å². The summed E-state index contributed by atoms with van der Waals surface area (Å²) in [5.74, 6) is 0.807. The number of hydrogen-bond acceptors (Lipinski definition) is 5. The van der Waals surface area contributed by atoms with E-state index in [2.05, 4.69) is 10.1 Å². The number of rotatable bonds is 1. The van der Waals surface area contributed by atoms with Crippen LogP contribution in [0.4, 0.5) is 5.13 Å². The van der Waals surface area contributed by atoms with Crippen molar-refractivity contribution >= 4 is 26.7 Å².